The lowest BCUT2D eigenvalue weighted by Gasteiger charge is -2.16. The summed E-state index contributed by atoms with van der Waals surface area (Å²) in [5, 5.41) is 0. The van der Waals surface area contributed by atoms with Gasteiger partial charge in [-0.25, -0.2) is 4.57 Å². The van der Waals surface area contributed by atoms with Crippen LogP contribution in [0.1, 0.15) is 5.69 Å². The molecule has 0 radical (unpaired) electrons. The molecule has 0 bridgehead atoms. The van der Waals surface area contributed by atoms with Gasteiger partial charge < -0.3 is 4.74 Å². The Hall–Kier alpha value is -3.14. The lowest BCUT2D eigenvalue weighted by atomic mass is 10.1. The Bertz CT molecular complexity index is 1160. The van der Waals surface area contributed by atoms with Crippen molar-refractivity contribution in [2.24, 2.45) is 0 Å². The standard InChI is InChI=1S/C19H14F3N3O3S/c20-19(21,22)17-12-15(7-8-23-17)28-14-5-3-13(4-6-14)16-2-1-9-25-10-11-29(26,27)24-18(16)25/h1-9,12H,10-11H2/p+1. The van der Waals surface area contributed by atoms with Crippen molar-refractivity contribution < 1.29 is 30.9 Å². The van der Waals surface area contributed by atoms with E-state index in [1.807, 2.05) is 10.6 Å². The number of anilines is 1. The number of alkyl halides is 3. The minimum atomic E-state index is -4.55. The number of pyridine rings is 2. The van der Waals surface area contributed by atoms with Gasteiger partial charge in [0, 0.05) is 12.3 Å². The largest absolute Gasteiger partial charge is 0.457 e. The van der Waals surface area contributed by atoms with Crippen molar-refractivity contribution in [3.05, 3.63) is 66.6 Å². The molecule has 0 amide bonds. The summed E-state index contributed by atoms with van der Waals surface area (Å²) < 4.78 is 72.0. The van der Waals surface area contributed by atoms with Crippen LogP contribution in [0.2, 0.25) is 0 Å². The van der Waals surface area contributed by atoms with E-state index in [2.05, 4.69) is 9.71 Å². The quantitative estimate of drug-likeness (QED) is 0.655. The first-order valence-corrected chi connectivity index (χ1v) is 10.2. The summed E-state index contributed by atoms with van der Waals surface area (Å²) in [6.07, 6.45) is -1.73. The summed E-state index contributed by atoms with van der Waals surface area (Å²) >= 11 is 0. The van der Waals surface area contributed by atoms with Crippen LogP contribution in [0, 0.1) is 0 Å². The molecule has 3 aromatic rings. The molecule has 2 aromatic heterocycles. The van der Waals surface area contributed by atoms with Gasteiger partial charge >= 0.3 is 16.2 Å². The van der Waals surface area contributed by atoms with E-state index in [0.29, 0.717) is 23.7 Å². The zero-order valence-electron chi connectivity index (χ0n) is 14.8. The van der Waals surface area contributed by atoms with Crippen LogP contribution in [0.3, 0.4) is 0 Å². The maximum Gasteiger partial charge on any atom is 0.433 e. The topological polar surface area (TPSA) is 72.2 Å². The van der Waals surface area contributed by atoms with Gasteiger partial charge in [-0.1, -0.05) is 12.1 Å². The summed E-state index contributed by atoms with van der Waals surface area (Å²) in [4.78, 5) is 3.30. The number of fused-ring (bicyclic) bond motifs is 1. The van der Waals surface area contributed by atoms with E-state index in [9.17, 15) is 21.6 Å². The zero-order chi connectivity index (χ0) is 20.6. The van der Waals surface area contributed by atoms with Gasteiger partial charge in [-0.2, -0.15) is 26.3 Å². The monoisotopic (exact) mass is 422 g/mol. The van der Waals surface area contributed by atoms with Crippen molar-refractivity contribution in [2.45, 2.75) is 12.7 Å². The molecule has 0 saturated heterocycles. The first kappa shape index (κ1) is 19.2. The second kappa shape index (κ2) is 7.03. The smallest absolute Gasteiger partial charge is 0.433 e. The number of nitrogens with one attached hydrogen (secondary N) is 1. The maximum atomic E-state index is 12.8. The molecule has 0 fully saturated rings. The summed E-state index contributed by atoms with van der Waals surface area (Å²) in [7, 11) is -3.39. The van der Waals surface area contributed by atoms with Gasteiger partial charge in [0.25, 0.3) is 5.82 Å². The van der Waals surface area contributed by atoms with Gasteiger partial charge in [-0.15, -0.1) is 0 Å². The van der Waals surface area contributed by atoms with Gasteiger partial charge in [-0.05, 0) is 35.9 Å². The third-order valence-corrected chi connectivity index (χ3v) is 5.57. The number of rotatable bonds is 3. The number of ether oxygens (including phenoxy) is 1. The lowest BCUT2D eigenvalue weighted by molar-refractivity contribution is -0.679. The molecule has 150 valence electrons. The SMILES string of the molecule is O=S1(=O)CC[n+]2cccc(-c3ccc(Oc4ccnc(C(F)(F)F)c4)cc3)c2N1. The maximum absolute atomic E-state index is 12.8. The van der Waals surface area contributed by atoms with E-state index >= 15 is 0 Å². The first-order chi connectivity index (χ1) is 13.7. The minimum Gasteiger partial charge on any atom is -0.457 e. The van der Waals surface area contributed by atoms with Crippen molar-refractivity contribution in [3.63, 3.8) is 0 Å². The molecule has 10 heteroatoms. The fraction of sp³-hybridized carbons (Fsp3) is 0.158. The molecule has 0 aliphatic carbocycles. The Kier molecular flexibility index (Phi) is 4.65. The molecule has 1 aliphatic rings. The number of nitrogens with zero attached hydrogens (tertiary/aromatic N) is 2. The molecule has 1 aromatic carbocycles. The Morgan fingerprint density at radius 3 is 2.55 bits per heavy atom. The van der Waals surface area contributed by atoms with Gasteiger partial charge in [0.1, 0.15) is 29.5 Å². The van der Waals surface area contributed by atoms with Gasteiger partial charge in [0.2, 0.25) is 0 Å². The molecule has 1 aliphatic heterocycles. The molecule has 1 N–H and O–H groups in total. The summed E-state index contributed by atoms with van der Waals surface area (Å²) in [5.74, 6) is 0.829. The average molecular weight is 422 g/mol. The van der Waals surface area contributed by atoms with Crippen LogP contribution in [0.5, 0.6) is 11.5 Å². The van der Waals surface area contributed by atoms with E-state index in [1.54, 1.807) is 36.5 Å². The Balaban J connectivity index is 1.60. The van der Waals surface area contributed by atoms with Crippen LogP contribution in [0.4, 0.5) is 19.0 Å². The predicted octanol–water partition coefficient (Wildman–Crippen LogP) is 3.60. The van der Waals surface area contributed by atoms with E-state index in [1.165, 1.54) is 6.07 Å². The van der Waals surface area contributed by atoms with Crippen LogP contribution in [0.15, 0.2) is 60.9 Å². The number of hydrogen-bond acceptors (Lipinski definition) is 4. The van der Waals surface area contributed by atoms with Gasteiger partial charge in [-0.3, -0.25) is 4.98 Å². The number of sulfonamides is 1. The van der Waals surface area contributed by atoms with Crippen molar-refractivity contribution in [3.8, 4) is 22.6 Å². The fourth-order valence-electron chi connectivity index (χ4n) is 2.97. The Morgan fingerprint density at radius 1 is 1.07 bits per heavy atom. The number of aromatic nitrogens is 2. The van der Waals surface area contributed by atoms with Crippen LogP contribution in [-0.4, -0.2) is 19.2 Å². The molecule has 6 nitrogen and oxygen atoms in total. The van der Waals surface area contributed by atoms with E-state index in [-0.39, 0.29) is 11.5 Å². The number of aryl methyl sites for hydroxylation is 1. The van der Waals surface area contributed by atoms with E-state index in [0.717, 1.165) is 17.8 Å². The van der Waals surface area contributed by atoms with Crippen LogP contribution in [-0.2, 0) is 22.7 Å². The summed E-state index contributed by atoms with van der Waals surface area (Å²) in [6.45, 7) is 0.350. The highest BCUT2D eigenvalue weighted by atomic mass is 32.2. The number of benzene rings is 1. The van der Waals surface area contributed by atoms with Crippen molar-refractivity contribution in [1.82, 2.24) is 4.98 Å². The third-order valence-electron chi connectivity index (χ3n) is 4.35. The van der Waals surface area contributed by atoms with E-state index < -0.39 is 21.9 Å². The van der Waals surface area contributed by atoms with Crippen molar-refractivity contribution >= 4 is 15.8 Å². The second-order valence-electron chi connectivity index (χ2n) is 6.39. The molecule has 3 heterocycles. The minimum absolute atomic E-state index is 0.00669. The molecule has 0 atom stereocenters. The predicted molar refractivity (Wildman–Crippen MR) is 98.8 cm³/mol. The second-order valence-corrected chi connectivity index (χ2v) is 8.23. The Morgan fingerprint density at radius 2 is 1.83 bits per heavy atom. The van der Waals surface area contributed by atoms with Crippen molar-refractivity contribution in [1.29, 1.82) is 0 Å². The lowest BCUT2D eigenvalue weighted by Crippen LogP contribution is -2.47. The number of halogens is 3. The molecular formula is C19H15F3N3O3S+. The van der Waals surface area contributed by atoms with Crippen LogP contribution >= 0.6 is 0 Å². The molecule has 29 heavy (non-hydrogen) atoms. The third kappa shape index (κ3) is 4.16. The number of hydrogen-bond donors (Lipinski definition) is 1. The Labute approximate surface area is 164 Å². The highest BCUT2D eigenvalue weighted by molar-refractivity contribution is 7.92. The molecule has 0 spiro atoms. The van der Waals surface area contributed by atoms with Crippen molar-refractivity contribution in [2.75, 3.05) is 10.5 Å². The highest BCUT2D eigenvalue weighted by Gasteiger charge is 2.33. The molecule has 4 rings (SSSR count). The summed E-state index contributed by atoms with van der Waals surface area (Å²) in [5.41, 5.74) is 0.384. The first-order valence-electron chi connectivity index (χ1n) is 8.56. The van der Waals surface area contributed by atoms with Crippen LogP contribution in [0.25, 0.3) is 11.1 Å². The van der Waals surface area contributed by atoms with Gasteiger partial charge in [0.15, 0.2) is 0 Å². The molecular weight excluding hydrogens is 407 g/mol. The molecule has 0 saturated carbocycles. The normalized spacial score (nSPS) is 15.3. The summed E-state index contributed by atoms with van der Waals surface area (Å²) in [6, 6.07) is 12.4. The molecule has 0 unspecified atom stereocenters. The zero-order valence-corrected chi connectivity index (χ0v) is 15.7. The average Bonchev–Trinajstić information content (AvgIpc) is 2.67. The van der Waals surface area contributed by atoms with Gasteiger partial charge in [0.05, 0.1) is 11.8 Å². The van der Waals surface area contributed by atoms with Crippen LogP contribution < -0.4 is 14.0 Å². The fourth-order valence-corrected chi connectivity index (χ4v) is 4.03. The highest BCUT2D eigenvalue weighted by Crippen LogP contribution is 2.32. The van der Waals surface area contributed by atoms with E-state index in [4.69, 9.17) is 4.74 Å².